The summed E-state index contributed by atoms with van der Waals surface area (Å²) in [5.74, 6) is 0. The Morgan fingerprint density at radius 2 is 2.27 bits per heavy atom. The second kappa shape index (κ2) is 4.32. The second-order valence-corrected chi connectivity index (χ2v) is 2.92. The van der Waals surface area contributed by atoms with Crippen molar-refractivity contribution >= 4 is 5.71 Å². The maximum Gasteiger partial charge on any atom is 0.0395 e. The van der Waals surface area contributed by atoms with Crippen molar-refractivity contribution in [3.05, 3.63) is 11.6 Å². The highest BCUT2D eigenvalue weighted by Crippen LogP contribution is 2.16. The van der Waals surface area contributed by atoms with Crippen LogP contribution in [0.1, 0.15) is 39.5 Å². The Kier molecular flexibility index (Phi) is 3.34. The van der Waals surface area contributed by atoms with Crippen LogP contribution >= 0.6 is 0 Å². The first-order valence-corrected chi connectivity index (χ1v) is 4.61. The molecule has 0 aromatic heterocycles. The first-order chi connectivity index (χ1) is 5.38. The number of allylic oxidation sites excluding steroid dienone is 2. The van der Waals surface area contributed by atoms with Crippen molar-refractivity contribution in [1.82, 2.24) is 0 Å². The van der Waals surface area contributed by atoms with Crippen LogP contribution in [-0.4, -0.2) is 12.3 Å². The Balaban J connectivity index is 2.69. The molecular formula is C10H17N. The minimum absolute atomic E-state index is 1.05. The van der Waals surface area contributed by atoms with Crippen LogP contribution < -0.4 is 0 Å². The highest BCUT2D eigenvalue weighted by molar-refractivity contribution is 6.00. The molecule has 1 heterocycles. The SMILES string of the molecule is CC/C=C1/CCCN=C1CC. The van der Waals surface area contributed by atoms with Crippen LogP contribution in [0.25, 0.3) is 0 Å². The third-order valence-corrected chi connectivity index (χ3v) is 2.06. The molecule has 0 aliphatic carbocycles. The zero-order valence-corrected chi connectivity index (χ0v) is 7.56. The highest BCUT2D eigenvalue weighted by atomic mass is 14.7. The topological polar surface area (TPSA) is 12.4 Å². The predicted molar refractivity (Wildman–Crippen MR) is 50.2 cm³/mol. The minimum Gasteiger partial charge on any atom is -0.289 e. The van der Waals surface area contributed by atoms with E-state index in [2.05, 4.69) is 24.9 Å². The smallest absolute Gasteiger partial charge is 0.0395 e. The second-order valence-electron chi connectivity index (χ2n) is 2.92. The zero-order chi connectivity index (χ0) is 8.10. The highest BCUT2D eigenvalue weighted by Gasteiger charge is 2.08. The maximum atomic E-state index is 4.50. The van der Waals surface area contributed by atoms with Crippen molar-refractivity contribution in [1.29, 1.82) is 0 Å². The Morgan fingerprint density at radius 3 is 2.91 bits per heavy atom. The van der Waals surface area contributed by atoms with Crippen molar-refractivity contribution in [2.24, 2.45) is 4.99 Å². The van der Waals surface area contributed by atoms with Crippen LogP contribution in [0.2, 0.25) is 0 Å². The molecule has 1 heteroatoms. The predicted octanol–water partition coefficient (Wildman–Crippen LogP) is 2.97. The van der Waals surface area contributed by atoms with Gasteiger partial charge in [-0.15, -0.1) is 0 Å². The summed E-state index contributed by atoms with van der Waals surface area (Å²) in [6, 6.07) is 0. The van der Waals surface area contributed by atoms with E-state index in [1.807, 2.05) is 0 Å². The van der Waals surface area contributed by atoms with Crippen molar-refractivity contribution in [3.63, 3.8) is 0 Å². The number of hydrogen-bond donors (Lipinski definition) is 0. The molecule has 11 heavy (non-hydrogen) atoms. The van der Waals surface area contributed by atoms with Gasteiger partial charge in [-0.3, -0.25) is 4.99 Å². The monoisotopic (exact) mass is 151 g/mol. The molecule has 0 fully saturated rings. The van der Waals surface area contributed by atoms with E-state index in [0.29, 0.717) is 0 Å². The minimum atomic E-state index is 1.05. The van der Waals surface area contributed by atoms with Crippen molar-refractivity contribution in [2.45, 2.75) is 39.5 Å². The molecule has 0 bridgehead atoms. The van der Waals surface area contributed by atoms with Gasteiger partial charge in [0.25, 0.3) is 0 Å². The van der Waals surface area contributed by atoms with Gasteiger partial charge in [-0.05, 0) is 31.3 Å². The fourth-order valence-electron chi connectivity index (χ4n) is 1.53. The van der Waals surface area contributed by atoms with Gasteiger partial charge in [0, 0.05) is 12.3 Å². The fourth-order valence-corrected chi connectivity index (χ4v) is 1.53. The lowest BCUT2D eigenvalue weighted by atomic mass is 9.99. The largest absolute Gasteiger partial charge is 0.289 e. The third kappa shape index (κ3) is 2.18. The summed E-state index contributed by atoms with van der Waals surface area (Å²) < 4.78 is 0. The molecule has 1 rings (SSSR count). The third-order valence-electron chi connectivity index (χ3n) is 2.06. The fraction of sp³-hybridized carbons (Fsp3) is 0.700. The van der Waals surface area contributed by atoms with Gasteiger partial charge in [0.05, 0.1) is 0 Å². The lowest BCUT2D eigenvalue weighted by Crippen LogP contribution is -2.08. The van der Waals surface area contributed by atoms with Crippen molar-refractivity contribution < 1.29 is 0 Å². The van der Waals surface area contributed by atoms with Crippen molar-refractivity contribution in [3.8, 4) is 0 Å². The standard InChI is InChI=1S/C10H17N/c1-3-6-9-7-5-8-11-10(9)4-2/h6H,3-5,7-8H2,1-2H3/b9-6-. The number of aliphatic imine (C=N–C) groups is 1. The van der Waals surface area contributed by atoms with E-state index in [9.17, 15) is 0 Å². The first-order valence-electron chi connectivity index (χ1n) is 4.61. The van der Waals surface area contributed by atoms with E-state index in [4.69, 9.17) is 0 Å². The summed E-state index contributed by atoms with van der Waals surface area (Å²) in [7, 11) is 0. The molecule has 0 saturated heterocycles. The summed E-state index contributed by atoms with van der Waals surface area (Å²) >= 11 is 0. The van der Waals surface area contributed by atoms with Gasteiger partial charge < -0.3 is 0 Å². The van der Waals surface area contributed by atoms with Crippen molar-refractivity contribution in [2.75, 3.05) is 6.54 Å². The Morgan fingerprint density at radius 1 is 1.45 bits per heavy atom. The van der Waals surface area contributed by atoms with Gasteiger partial charge in [0.2, 0.25) is 0 Å². The van der Waals surface area contributed by atoms with Crippen LogP contribution in [0.15, 0.2) is 16.6 Å². The molecule has 0 amide bonds. The molecule has 1 aliphatic heterocycles. The molecule has 0 spiro atoms. The Hall–Kier alpha value is -0.590. The molecule has 0 aromatic rings. The van der Waals surface area contributed by atoms with E-state index in [0.717, 1.165) is 19.4 Å². The van der Waals surface area contributed by atoms with Crippen LogP contribution in [0.5, 0.6) is 0 Å². The van der Waals surface area contributed by atoms with Crippen LogP contribution in [0.4, 0.5) is 0 Å². The molecule has 0 atom stereocenters. The van der Waals surface area contributed by atoms with E-state index < -0.39 is 0 Å². The van der Waals surface area contributed by atoms with Gasteiger partial charge in [-0.1, -0.05) is 19.9 Å². The Labute approximate surface area is 69.2 Å². The quantitative estimate of drug-likeness (QED) is 0.575. The first kappa shape index (κ1) is 8.51. The number of nitrogens with zero attached hydrogens (tertiary/aromatic N) is 1. The average Bonchev–Trinajstić information content (AvgIpc) is 2.06. The van der Waals surface area contributed by atoms with Crippen LogP contribution in [-0.2, 0) is 0 Å². The van der Waals surface area contributed by atoms with Gasteiger partial charge in [-0.2, -0.15) is 0 Å². The van der Waals surface area contributed by atoms with Gasteiger partial charge in [0.1, 0.15) is 0 Å². The summed E-state index contributed by atoms with van der Waals surface area (Å²) in [6.07, 6.45) is 7.07. The normalized spacial score (nSPS) is 22.0. The van der Waals surface area contributed by atoms with Gasteiger partial charge in [-0.25, -0.2) is 0 Å². The molecule has 0 saturated carbocycles. The Bertz CT molecular complexity index is 177. The zero-order valence-electron chi connectivity index (χ0n) is 7.56. The summed E-state index contributed by atoms with van der Waals surface area (Å²) in [5.41, 5.74) is 2.85. The molecule has 0 radical (unpaired) electrons. The average molecular weight is 151 g/mol. The molecule has 0 unspecified atom stereocenters. The van der Waals surface area contributed by atoms with Gasteiger partial charge in [0.15, 0.2) is 0 Å². The van der Waals surface area contributed by atoms with Gasteiger partial charge >= 0.3 is 0 Å². The van der Waals surface area contributed by atoms with Crippen LogP contribution in [0, 0.1) is 0 Å². The molecule has 1 nitrogen and oxygen atoms in total. The number of rotatable bonds is 2. The molecular weight excluding hydrogens is 134 g/mol. The lowest BCUT2D eigenvalue weighted by Gasteiger charge is -2.14. The summed E-state index contributed by atoms with van der Waals surface area (Å²) in [5, 5.41) is 0. The molecule has 1 aliphatic rings. The maximum absolute atomic E-state index is 4.50. The lowest BCUT2D eigenvalue weighted by molar-refractivity contribution is 0.803. The van der Waals surface area contributed by atoms with E-state index >= 15 is 0 Å². The molecule has 0 aromatic carbocycles. The van der Waals surface area contributed by atoms with E-state index in [1.54, 1.807) is 0 Å². The molecule has 62 valence electrons. The van der Waals surface area contributed by atoms with E-state index in [-0.39, 0.29) is 0 Å². The van der Waals surface area contributed by atoms with Crippen LogP contribution in [0.3, 0.4) is 0 Å². The summed E-state index contributed by atoms with van der Waals surface area (Å²) in [4.78, 5) is 4.50. The summed E-state index contributed by atoms with van der Waals surface area (Å²) in [6.45, 7) is 5.42. The molecule has 0 N–H and O–H groups in total. The van der Waals surface area contributed by atoms with E-state index in [1.165, 1.54) is 24.1 Å². The number of hydrogen-bond acceptors (Lipinski definition) is 1.